The number of hydrogen-bond donors (Lipinski definition) is 1. The van der Waals surface area contributed by atoms with E-state index in [1.165, 1.54) is 16.0 Å². The average molecular weight is 372 g/mol. The zero-order valence-electron chi connectivity index (χ0n) is 13.0. The minimum atomic E-state index is -0.453. The number of thiazole rings is 1. The summed E-state index contributed by atoms with van der Waals surface area (Å²) in [5.74, 6) is -0.346. The van der Waals surface area contributed by atoms with Crippen molar-refractivity contribution < 1.29 is 4.79 Å². The van der Waals surface area contributed by atoms with E-state index < -0.39 is 5.69 Å². The van der Waals surface area contributed by atoms with Gasteiger partial charge in [-0.1, -0.05) is 0 Å². The molecule has 0 aliphatic heterocycles. The molecule has 0 saturated carbocycles. The standard InChI is InChI=1S/C15H12N6O2S2/c1-9-16-11-5-4-10(7-12(11)25-9)17-13(22)8-20-15(23)21(19-18-20)14-3-2-6-24-14/h2-7H,8H2,1H3,(H,17,22). The van der Waals surface area contributed by atoms with Crippen molar-refractivity contribution in [3.63, 3.8) is 0 Å². The Morgan fingerprint density at radius 3 is 2.96 bits per heavy atom. The Hall–Kier alpha value is -2.85. The molecule has 4 aromatic rings. The van der Waals surface area contributed by atoms with Crippen molar-refractivity contribution >= 4 is 44.5 Å². The smallest absolute Gasteiger partial charge is 0.324 e. The Bertz CT molecular complexity index is 1110. The minimum Gasteiger partial charge on any atom is -0.324 e. The van der Waals surface area contributed by atoms with Gasteiger partial charge in [0, 0.05) is 5.69 Å². The number of anilines is 1. The van der Waals surface area contributed by atoms with Crippen LogP contribution in [-0.2, 0) is 11.3 Å². The fourth-order valence-electron chi connectivity index (χ4n) is 2.36. The van der Waals surface area contributed by atoms with Crippen molar-refractivity contribution in [2.75, 3.05) is 5.32 Å². The topological polar surface area (TPSA) is 94.7 Å². The second-order valence-corrected chi connectivity index (χ2v) is 7.41. The van der Waals surface area contributed by atoms with Gasteiger partial charge in [0.2, 0.25) is 5.91 Å². The van der Waals surface area contributed by atoms with E-state index in [0.717, 1.165) is 19.9 Å². The molecule has 0 spiro atoms. The Morgan fingerprint density at radius 2 is 2.16 bits per heavy atom. The van der Waals surface area contributed by atoms with Crippen molar-refractivity contribution in [1.29, 1.82) is 0 Å². The molecule has 1 amide bonds. The van der Waals surface area contributed by atoms with Crippen LogP contribution in [0.1, 0.15) is 5.01 Å². The van der Waals surface area contributed by atoms with Crippen molar-refractivity contribution in [3.05, 3.63) is 51.2 Å². The molecule has 10 heteroatoms. The summed E-state index contributed by atoms with van der Waals surface area (Å²) in [4.78, 5) is 28.8. The summed E-state index contributed by atoms with van der Waals surface area (Å²) >= 11 is 2.93. The molecule has 3 heterocycles. The monoisotopic (exact) mass is 372 g/mol. The number of hydrogen-bond acceptors (Lipinski definition) is 7. The Balaban J connectivity index is 1.51. The number of amides is 1. The summed E-state index contributed by atoms with van der Waals surface area (Å²) in [6.45, 7) is 1.73. The lowest BCUT2D eigenvalue weighted by Gasteiger charge is -2.04. The van der Waals surface area contributed by atoms with Gasteiger partial charge in [-0.2, -0.15) is 9.36 Å². The molecule has 0 radical (unpaired) electrons. The first-order valence-electron chi connectivity index (χ1n) is 7.34. The van der Waals surface area contributed by atoms with Crippen LogP contribution in [0.5, 0.6) is 0 Å². The number of rotatable bonds is 4. The fraction of sp³-hybridized carbons (Fsp3) is 0.133. The van der Waals surface area contributed by atoms with Crippen molar-refractivity contribution in [3.8, 4) is 5.00 Å². The normalized spacial score (nSPS) is 11.1. The summed E-state index contributed by atoms with van der Waals surface area (Å²) in [6, 6.07) is 9.08. The van der Waals surface area contributed by atoms with E-state index in [4.69, 9.17) is 0 Å². The molecule has 0 saturated heterocycles. The summed E-state index contributed by atoms with van der Waals surface area (Å²) in [5.41, 5.74) is 1.10. The third-order valence-corrected chi connectivity index (χ3v) is 5.20. The van der Waals surface area contributed by atoms with Crippen molar-refractivity contribution in [2.45, 2.75) is 13.5 Å². The molecule has 126 valence electrons. The zero-order valence-corrected chi connectivity index (χ0v) is 14.7. The highest BCUT2D eigenvalue weighted by molar-refractivity contribution is 7.18. The van der Waals surface area contributed by atoms with Crippen molar-refractivity contribution in [1.82, 2.24) is 24.8 Å². The highest BCUT2D eigenvalue weighted by Gasteiger charge is 2.13. The van der Waals surface area contributed by atoms with E-state index in [1.54, 1.807) is 23.5 Å². The number of carbonyl (C=O) groups excluding carboxylic acids is 1. The molecule has 1 N–H and O–H groups in total. The number of nitrogens with one attached hydrogen (secondary N) is 1. The first-order chi connectivity index (χ1) is 12.1. The number of aromatic nitrogens is 5. The highest BCUT2D eigenvalue weighted by Crippen LogP contribution is 2.24. The van der Waals surface area contributed by atoms with Crippen LogP contribution in [0.4, 0.5) is 5.69 Å². The maximum absolute atomic E-state index is 12.3. The van der Waals surface area contributed by atoms with E-state index in [0.29, 0.717) is 10.7 Å². The summed E-state index contributed by atoms with van der Waals surface area (Å²) in [5, 5.41) is 13.8. The lowest BCUT2D eigenvalue weighted by Crippen LogP contribution is -2.29. The first kappa shape index (κ1) is 15.7. The van der Waals surface area contributed by atoms with Gasteiger partial charge >= 0.3 is 5.69 Å². The third-order valence-electron chi connectivity index (χ3n) is 3.43. The predicted octanol–water partition coefficient (Wildman–Crippen LogP) is 2.05. The van der Waals surface area contributed by atoms with Gasteiger partial charge in [-0.15, -0.1) is 22.7 Å². The van der Waals surface area contributed by atoms with Crippen LogP contribution in [-0.4, -0.2) is 30.7 Å². The van der Waals surface area contributed by atoms with Gasteiger partial charge in [0.25, 0.3) is 0 Å². The van der Waals surface area contributed by atoms with Crippen LogP contribution in [0.25, 0.3) is 15.2 Å². The number of fused-ring (bicyclic) bond motifs is 1. The molecule has 0 bridgehead atoms. The van der Waals surface area contributed by atoms with E-state index in [-0.39, 0.29) is 12.5 Å². The van der Waals surface area contributed by atoms with Crippen LogP contribution >= 0.6 is 22.7 Å². The third kappa shape index (κ3) is 3.08. The van der Waals surface area contributed by atoms with Crippen LogP contribution in [0, 0.1) is 6.92 Å². The molecular weight excluding hydrogens is 360 g/mol. The second-order valence-electron chi connectivity index (χ2n) is 5.25. The maximum Gasteiger partial charge on any atom is 0.369 e. The molecule has 0 fully saturated rings. The number of aryl methyl sites for hydroxylation is 1. The van der Waals surface area contributed by atoms with E-state index in [1.807, 2.05) is 30.5 Å². The minimum absolute atomic E-state index is 0.204. The van der Waals surface area contributed by atoms with Crippen molar-refractivity contribution in [2.24, 2.45) is 0 Å². The van der Waals surface area contributed by atoms with Gasteiger partial charge in [-0.25, -0.2) is 9.78 Å². The van der Waals surface area contributed by atoms with Crippen LogP contribution < -0.4 is 11.0 Å². The molecule has 0 unspecified atom stereocenters. The summed E-state index contributed by atoms with van der Waals surface area (Å²) in [7, 11) is 0. The quantitative estimate of drug-likeness (QED) is 0.592. The van der Waals surface area contributed by atoms with E-state index in [2.05, 4.69) is 20.7 Å². The molecule has 3 aromatic heterocycles. The summed E-state index contributed by atoms with van der Waals surface area (Å²) < 4.78 is 3.20. The molecule has 0 atom stereocenters. The number of nitrogens with zero attached hydrogens (tertiary/aromatic N) is 5. The lowest BCUT2D eigenvalue weighted by molar-refractivity contribution is -0.117. The van der Waals surface area contributed by atoms with Gasteiger partial charge in [-0.3, -0.25) is 4.79 Å². The molecule has 25 heavy (non-hydrogen) atoms. The molecular formula is C15H12N6O2S2. The SMILES string of the molecule is Cc1nc2ccc(NC(=O)Cn3nnn(-c4cccs4)c3=O)cc2s1. The van der Waals surface area contributed by atoms with Gasteiger partial charge in [-0.05, 0) is 53.1 Å². The van der Waals surface area contributed by atoms with E-state index >= 15 is 0 Å². The lowest BCUT2D eigenvalue weighted by atomic mass is 10.3. The molecule has 0 aliphatic rings. The molecule has 8 nitrogen and oxygen atoms in total. The number of benzene rings is 1. The van der Waals surface area contributed by atoms with Crippen LogP contribution in [0.2, 0.25) is 0 Å². The number of carbonyl (C=O) groups is 1. The predicted molar refractivity (Wildman–Crippen MR) is 96.5 cm³/mol. The van der Waals surface area contributed by atoms with E-state index in [9.17, 15) is 9.59 Å². The summed E-state index contributed by atoms with van der Waals surface area (Å²) in [6.07, 6.45) is 0. The Morgan fingerprint density at radius 1 is 1.28 bits per heavy atom. The van der Waals surface area contributed by atoms with Gasteiger partial charge < -0.3 is 5.32 Å². The van der Waals surface area contributed by atoms with Gasteiger partial charge in [0.15, 0.2) is 0 Å². The average Bonchev–Trinajstić information content (AvgIpc) is 3.28. The molecule has 1 aromatic carbocycles. The second kappa shape index (κ2) is 6.22. The zero-order chi connectivity index (χ0) is 17.4. The largest absolute Gasteiger partial charge is 0.369 e. The highest BCUT2D eigenvalue weighted by atomic mass is 32.1. The Labute approximate surface area is 149 Å². The maximum atomic E-state index is 12.3. The van der Waals surface area contributed by atoms with Gasteiger partial charge in [0.05, 0.1) is 15.2 Å². The Kier molecular flexibility index (Phi) is 3.90. The van der Waals surface area contributed by atoms with Crippen LogP contribution in [0.15, 0.2) is 40.5 Å². The molecule has 0 aliphatic carbocycles. The fourth-order valence-corrected chi connectivity index (χ4v) is 3.89. The molecule has 4 rings (SSSR count). The number of thiophene rings is 1. The number of tetrazole rings is 1. The van der Waals surface area contributed by atoms with Gasteiger partial charge in [0.1, 0.15) is 11.5 Å². The van der Waals surface area contributed by atoms with Crippen LogP contribution in [0.3, 0.4) is 0 Å². The first-order valence-corrected chi connectivity index (χ1v) is 9.03.